The molecule has 5 nitrogen and oxygen atoms in total. The van der Waals surface area contributed by atoms with Gasteiger partial charge >= 0.3 is 12.0 Å². The molecule has 1 saturated heterocycles. The van der Waals surface area contributed by atoms with Crippen LogP contribution in [0, 0.1) is 11.8 Å². The first-order valence-electron chi connectivity index (χ1n) is 6.80. The maximum Gasteiger partial charge on any atom is 0.317 e. The van der Waals surface area contributed by atoms with Gasteiger partial charge in [0.05, 0.1) is 5.92 Å². The molecular weight excluding hydrogens is 232 g/mol. The Kier molecular flexibility index (Phi) is 5.95. The highest BCUT2D eigenvalue weighted by Crippen LogP contribution is 2.18. The lowest BCUT2D eigenvalue weighted by Crippen LogP contribution is -2.39. The second-order valence-corrected chi connectivity index (χ2v) is 5.12. The Morgan fingerprint density at radius 3 is 2.78 bits per heavy atom. The Morgan fingerprint density at radius 1 is 1.50 bits per heavy atom. The fraction of sp³-hybridized carbons (Fsp3) is 0.846. The van der Waals surface area contributed by atoms with Gasteiger partial charge in [0.1, 0.15) is 0 Å². The minimum absolute atomic E-state index is 0.00562. The molecule has 2 N–H and O–H groups in total. The summed E-state index contributed by atoms with van der Waals surface area (Å²) < 4.78 is 0. The van der Waals surface area contributed by atoms with Gasteiger partial charge in [0, 0.05) is 19.6 Å². The summed E-state index contributed by atoms with van der Waals surface area (Å²) in [6.07, 6.45) is 3.54. The fourth-order valence-electron chi connectivity index (χ4n) is 2.19. The molecule has 1 rings (SSSR count). The highest BCUT2D eigenvalue weighted by Gasteiger charge is 2.24. The summed E-state index contributed by atoms with van der Waals surface area (Å²) in [5.41, 5.74) is 0. The third-order valence-electron chi connectivity index (χ3n) is 3.66. The van der Waals surface area contributed by atoms with Crippen LogP contribution in [0.4, 0.5) is 4.79 Å². The van der Waals surface area contributed by atoms with Gasteiger partial charge in [-0.25, -0.2) is 4.79 Å². The van der Waals surface area contributed by atoms with Gasteiger partial charge in [-0.15, -0.1) is 0 Å². The van der Waals surface area contributed by atoms with Crippen molar-refractivity contribution >= 4 is 12.0 Å². The molecule has 0 spiro atoms. The molecule has 1 aliphatic heterocycles. The van der Waals surface area contributed by atoms with Crippen LogP contribution < -0.4 is 5.32 Å². The molecule has 104 valence electrons. The molecule has 0 aromatic rings. The van der Waals surface area contributed by atoms with Gasteiger partial charge < -0.3 is 15.3 Å². The minimum atomic E-state index is -0.772. The van der Waals surface area contributed by atoms with Crippen molar-refractivity contribution < 1.29 is 14.7 Å². The van der Waals surface area contributed by atoms with Crippen molar-refractivity contribution in [3.63, 3.8) is 0 Å². The van der Waals surface area contributed by atoms with E-state index in [0.717, 1.165) is 25.9 Å². The number of amides is 2. The highest BCUT2D eigenvalue weighted by molar-refractivity contribution is 5.74. The van der Waals surface area contributed by atoms with E-state index in [1.54, 1.807) is 6.92 Å². The summed E-state index contributed by atoms with van der Waals surface area (Å²) in [5, 5.41) is 11.6. The van der Waals surface area contributed by atoms with E-state index in [1.807, 2.05) is 4.90 Å². The van der Waals surface area contributed by atoms with Crippen LogP contribution in [0.3, 0.4) is 0 Å². The summed E-state index contributed by atoms with van der Waals surface area (Å²) in [6, 6.07) is -0.00562. The topological polar surface area (TPSA) is 69.6 Å². The van der Waals surface area contributed by atoms with E-state index in [2.05, 4.69) is 12.2 Å². The molecule has 0 aromatic heterocycles. The van der Waals surface area contributed by atoms with E-state index in [1.165, 1.54) is 0 Å². The summed E-state index contributed by atoms with van der Waals surface area (Å²) in [7, 11) is 0. The van der Waals surface area contributed by atoms with Crippen LogP contribution in [-0.2, 0) is 4.79 Å². The van der Waals surface area contributed by atoms with Gasteiger partial charge in [0.2, 0.25) is 0 Å². The maximum atomic E-state index is 11.8. The number of likely N-dealkylation sites (tertiary alicyclic amines) is 1. The first kappa shape index (κ1) is 14.8. The second kappa shape index (κ2) is 7.24. The van der Waals surface area contributed by atoms with Gasteiger partial charge in [-0.2, -0.15) is 0 Å². The second-order valence-electron chi connectivity index (χ2n) is 5.12. The molecule has 0 aromatic carbocycles. The predicted molar refractivity (Wildman–Crippen MR) is 69.4 cm³/mol. The lowest BCUT2D eigenvalue weighted by Gasteiger charge is -2.17. The van der Waals surface area contributed by atoms with Gasteiger partial charge in [0.25, 0.3) is 0 Å². The zero-order valence-electron chi connectivity index (χ0n) is 11.3. The van der Waals surface area contributed by atoms with Crippen LogP contribution >= 0.6 is 0 Å². The van der Waals surface area contributed by atoms with E-state index in [0.29, 0.717) is 25.3 Å². The molecular formula is C13H24N2O3. The zero-order valence-corrected chi connectivity index (χ0v) is 11.3. The van der Waals surface area contributed by atoms with Crippen LogP contribution in [0.25, 0.3) is 0 Å². The monoisotopic (exact) mass is 256 g/mol. The standard InChI is InChI=1S/C13H24N2O3/c1-3-11-6-8-15(9-11)13(18)14-7-4-5-10(2)12(16)17/h10-11H,3-9H2,1-2H3,(H,14,18)(H,16,17). The number of carboxylic acid groups (broad SMARTS) is 1. The molecule has 5 heteroatoms. The van der Waals surface area contributed by atoms with E-state index in [-0.39, 0.29) is 11.9 Å². The van der Waals surface area contributed by atoms with Crippen LogP contribution in [0.5, 0.6) is 0 Å². The van der Waals surface area contributed by atoms with Crippen molar-refractivity contribution in [1.82, 2.24) is 10.2 Å². The van der Waals surface area contributed by atoms with Crippen LogP contribution in [-0.4, -0.2) is 41.6 Å². The summed E-state index contributed by atoms with van der Waals surface area (Å²) >= 11 is 0. The van der Waals surface area contributed by atoms with E-state index >= 15 is 0 Å². The number of hydrogen-bond donors (Lipinski definition) is 2. The van der Waals surface area contributed by atoms with Crippen LogP contribution in [0.15, 0.2) is 0 Å². The average molecular weight is 256 g/mol. The number of carboxylic acids is 1. The number of rotatable bonds is 6. The van der Waals surface area contributed by atoms with Crippen molar-refractivity contribution in [2.45, 2.75) is 39.5 Å². The summed E-state index contributed by atoms with van der Waals surface area (Å²) in [4.78, 5) is 24.2. The van der Waals surface area contributed by atoms with Gasteiger partial charge in [-0.3, -0.25) is 4.79 Å². The predicted octanol–water partition coefficient (Wildman–Crippen LogP) is 1.93. The number of aliphatic carboxylic acids is 1. The van der Waals surface area contributed by atoms with Crippen molar-refractivity contribution in [3.05, 3.63) is 0 Å². The molecule has 0 saturated carbocycles. The number of carbonyl (C=O) groups excluding carboxylic acids is 1. The Labute approximate surface area is 109 Å². The lowest BCUT2D eigenvalue weighted by atomic mass is 10.1. The first-order valence-corrected chi connectivity index (χ1v) is 6.80. The Balaban J connectivity index is 2.12. The molecule has 0 bridgehead atoms. The number of nitrogens with zero attached hydrogens (tertiary/aromatic N) is 1. The minimum Gasteiger partial charge on any atom is -0.481 e. The molecule has 2 unspecified atom stereocenters. The highest BCUT2D eigenvalue weighted by atomic mass is 16.4. The molecule has 18 heavy (non-hydrogen) atoms. The number of urea groups is 1. The first-order chi connectivity index (χ1) is 8.54. The molecule has 1 aliphatic rings. The maximum absolute atomic E-state index is 11.8. The quantitative estimate of drug-likeness (QED) is 0.713. The van der Waals surface area contributed by atoms with Crippen molar-refractivity contribution in [2.75, 3.05) is 19.6 Å². The van der Waals surface area contributed by atoms with Crippen molar-refractivity contribution in [3.8, 4) is 0 Å². The van der Waals surface area contributed by atoms with Gasteiger partial charge in [0.15, 0.2) is 0 Å². The fourth-order valence-corrected chi connectivity index (χ4v) is 2.19. The normalized spacial score (nSPS) is 20.8. The van der Waals surface area contributed by atoms with Crippen molar-refractivity contribution in [1.29, 1.82) is 0 Å². The third-order valence-corrected chi connectivity index (χ3v) is 3.66. The lowest BCUT2D eigenvalue weighted by molar-refractivity contribution is -0.141. The molecule has 2 amide bonds. The van der Waals surface area contributed by atoms with E-state index in [4.69, 9.17) is 5.11 Å². The number of hydrogen-bond acceptors (Lipinski definition) is 2. The Morgan fingerprint density at radius 2 is 2.22 bits per heavy atom. The van der Waals surface area contributed by atoms with Crippen molar-refractivity contribution in [2.24, 2.45) is 11.8 Å². The summed E-state index contributed by atoms with van der Waals surface area (Å²) in [6.45, 7) is 6.10. The molecule has 0 aliphatic carbocycles. The molecule has 1 fully saturated rings. The van der Waals surface area contributed by atoms with E-state index < -0.39 is 5.97 Å². The van der Waals surface area contributed by atoms with E-state index in [9.17, 15) is 9.59 Å². The largest absolute Gasteiger partial charge is 0.481 e. The number of carbonyl (C=O) groups is 2. The zero-order chi connectivity index (χ0) is 13.5. The smallest absolute Gasteiger partial charge is 0.317 e. The number of nitrogens with one attached hydrogen (secondary N) is 1. The summed E-state index contributed by atoms with van der Waals surface area (Å²) in [5.74, 6) is -0.465. The third kappa shape index (κ3) is 4.55. The van der Waals surface area contributed by atoms with Crippen LogP contribution in [0.1, 0.15) is 39.5 Å². The molecule has 2 atom stereocenters. The Bertz CT molecular complexity index is 294. The molecule has 1 heterocycles. The Hall–Kier alpha value is -1.26. The van der Waals surface area contributed by atoms with Gasteiger partial charge in [-0.05, 0) is 25.2 Å². The average Bonchev–Trinajstić information content (AvgIpc) is 2.82. The van der Waals surface area contributed by atoms with Crippen LogP contribution in [0.2, 0.25) is 0 Å². The molecule has 0 radical (unpaired) electrons. The van der Waals surface area contributed by atoms with Gasteiger partial charge in [-0.1, -0.05) is 20.3 Å². The SMILES string of the molecule is CCC1CCN(C(=O)NCCCC(C)C(=O)O)C1.